The predicted octanol–water partition coefficient (Wildman–Crippen LogP) is 4.94. The first kappa shape index (κ1) is 18.4. The first-order valence-corrected chi connectivity index (χ1v) is 8.99. The maximum Gasteiger partial charge on any atom is 0.344 e. The zero-order chi connectivity index (χ0) is 20.2. The van der Waals surface area contributed by atoms with Gasteiger partial charge in [0.1, 0.15) is 17.8 Å². The van der Waals surface area contributed by atoms with Gasteiger partial charge in [-0.15, -0.1) is 0 Å². The quantitative estimate of drug-likeness (QED) is 0.277. The second-order valence-electron chi connectivity index (χ2n) is 6.38. The Morgan fingerprint density at radius 2 is 1.59 bits per heavy atom. The number of carbonyl (C=O) groups excluding carboxylic acids is 2. The van der Waals surface area contributed by atoms with E-state index >= 15 is 0 Å². The molecule has 4 aromatic rings. The molecule has 1 aromatic heterocycles. The van der Waals surface area contributed by atoms with Gasteiger partial charge in [-0.3, -0.25) is 4.79 Å². The molecule has 5 heteroatoms. The lowest BCUT2D eigenvalue weighted by Crippen LogP contribution is -2.10. The van der Waals surface area contributed by atoms with Crippen LogP contribution in [-0.4, -0.2) is 24.3 Å². The van der Waals surface area contributed by atoms with Gasteiger partial charge in [-0.05, 0) is 60.7 Å². The molecule has 0 fully saturated rings. The first-order chi connectivity index (χ1) is 14.2. The summed E-state index contributed by atoms with van der Waals surface area (Å²) >= 11 is 0. The van der Waals surface area contributed by atoms with Gasteiger partial charge in [0, 0.05) is 16.5 Å². The van der Waals surface area contributed by atoms with Gasteiger partial charge in [0.25, 0.3) is 0 Å². The Balaban J connectivity index is 1.74. The number of ether oxygens (including phenoxy) is 2. The second-order valence-corrected chi connectivity index (χ2v) is 6.38. The van der Waals surface area contributed by atoms with Gasteiger partial charge in [0.05, 0.1) is 23.9 Å². The van der Waals surface area contributed by atoms with Crippen LogP contribution in [0.5, 0.6) is 11.5 Å². The van der Waals surface area contributed by atoms with Gasteiger partial charge in [0.15, 0.2) is 0 Å². The van der Waals surface area contributed by atoms with Crippen LogP contribution in [0.15, 0.2) is 78.9 Å². The molecule has 0 spiro atoms. The Morgan fingerprint density at radius 3 is 2.28 bits per heavy atom. The van der Waals surface area contributed by atoms with Crippen molar-refractivity contribution in [3.05, 3.63) is 90.0 Å². The highest BCUT2D eigenvalue weighted by atomic mass is 16.5. The average molecular weight is 383 g/mol. The van der Waals surface area contributed by atoms with Crippen LogP contribution in [0.4, 0.5) is 0 Å². The number of aldehydes is 1. The number of pyridine rings is 1. The molecule has 1 heterocycles. The molecule has 5 nitrogen and oxygen atoms in total. The molecule has 0 saturated heterocycles. The third-order valence-corrected chi connectivity index (χ3v) is 4.55. The topological polar surface area (TPSA) is 65.5 Å². The highest BCUT2D eigenvalue weighted by molar-refractivity contribution is 6.05. The van der Waals surface area contributed by atoms with E-state index in [1.54, 1.807) is 37.4 Å². The van der Waals surface area contributed by atoms with Crippen LogP contribution in [0.2, 0.25) is 0 Å². The third-order valence-electron chi connectivity index (χ3n) is 4.55. The molecule has 0 N–H and O–H groups in total. The van der Waals surface area contributed by atoms with Crippen molar-refractivity contribution in [2.75, 3.05) is 7.11 Å². The van der Waals surface area contributed by atoms with Gasteiger partial charge in [0.2, 0.25) is 0 Å². The number of carbonyl (C=O) groups is 2. The molecule has 0 radical (unpaired) electrons. The lowest BCUT2D eigenvalue weighted by Gasteiger charge is -2.10. The highest BCUT2D eigenvalue weighted by Gasteiger charge is 2.16. The van der Waals surface area contributed by atoms with E-state index in [2.05, 4.69) is 4.98 Å². The molecule has 3 aromatic carbocycles. The van der Waals surface area contributed by atoms with Crippen molar-refractivity contribution < 1.29 is 19.1 Å². The molecule has 0 aliphatic heterocycles. The minimum Gasteiger partial charge on any atom is -0.497 e. The van der Waals surface area contributed by atoms with E-state index in [9.17, 15) is 9.59 Å². The molecule has 4 rings (SSSR count). The van der Waals surface area contributed by atoms with E-state index in [0.717, 1.165) is 17.6 Å². The first-order valence-electron chi connectivity index (χ1n) is 8.99. The standard InChI is InChI=1S/C24H17NO4/c1-28-18-12-8-17(9-13-18)23-14-21(20-4-2-3-5-22(20)25-23)24(27)29-19-10-6-16(15-26)7-11-19/h2-15H,1H3. The molecule has 0 saturated carbocycles. The fourth-order valence-electron chi connectivity index (χ4n) is 3.03. The molecule has 0 aliphatic rings. The summed E-state index contributed by atoms with van der Waals surface area (Å²) in [5.74, 6) is 0.623. The van der Waals surface area contributed by atoms with E-state index in [-0.39, 0.29) is 0 Å². The number of hydrogen-bond donors (Lipinski definition) is 0. The van der Waals surface area contributed by atoms with Crippen molar-refractivity contribution in [1.29, 1.82) is 0 Å². The average Bonchev–Trinajstić information content (AvgIpc) is 2.79. The number of benzene rings is 3. The molecule has 0 atom stereocenters. The zero-order valence-corrected chi connectivity index (χ0v) is 15.7. The van der Waals surface area contributed by atoms with Crippen molar-refractivity contribution in [2.45, 2.75) is 0 Å². The fraction of sp³-hybridized carbons (Fsp3) is 0.0417. The Hall–Kier alpha value is -3.99. The molecule has 0 bridgehead atoms. The van der Waals surface area contributed by atoms with Gasteiger partial charge in [-0.1, -0.05) is 18.2 Å². The summed E-state index contributed by atoms with van der Waals surface area (Å²) in [6.07, 6.45) is 0.739. The Morgan fingerprint density at radius 1 is 0.897 bits per heavy atom. The van der Waals surface area contributed by atoms with E-state index in [0.29, 0.717) is 33.5 Å². The molecule has 0 amide bonds. The fourth-order valence-corrected chi connectivity index (χ4v) is 3.03. The van der Waals surface area contributed by atoms with E-state index in [1.165, 1.54) is 0 Å². The highest BCUT2D eigenvalue weighted by Crippen LogP contribution is 2.27. The summed E-state index contributed by atoms with van der Waals surface area (Å²) in [4.78, 5) is 28.4. The molecule has 142 valence electrons. The Kier molecular flexibility index (Phi) is 5.03. The van der Waals surface area contributed by atoms with E-state index in [4.69, 9.17) is 9.47 Å². The maximum absolute atomic E-state index is 12.9. The summed E-state index contributed by atoms with van der Waals surface area (Å²) in [5.41, 5.74) is 3.15. The van der Waals surface area contributed by atoms with Gasteiger partial charge in [-0.2, -0.15) is 0 Å². The molecule has 29 heavy (non-hydrogen) atoms. The van der Waals surface area contributed by atoms with Gasteiger partial charge in [-0.25, -0.2) is 9.78 Å². The minimum absolute atomic E-state index is 0.368. The molecule has 0 unspecified atom stereocenters. The second kappa shape index (κ2) is 7.94. The SMILES string of the molecule is COc1ccc(-c2cc(C(=O)Oc3ccc(C=O)cc3)c3ccccc3n2)cc1. The maximum atomic E-state index is 12.9. The van der Waals surface area contributed by atoms with E-state index < -0.39 is 5.97 Å². The summed E-state index contributed by atoms with van der Waals surface area (Å²) in [6, 6.07) is 23.0. The zero-order valence-electron chi connectivity index (χ0n) is 15.7. The van der Waals surface area contributed by atoms with Gasteiger partial charge >= 0.3 is 5.97 Å². The number of aromatic nitrogens is 1. The minimum atomic E-state index is -0.489. The molecular formula is C24H17NO4. The number of hydrogen-bond acceptors (Lipinski definition) is 5. The smallest absolute Gasteiger partial charge is 0.344 e. The summed E-state index contributed by atoms with van der Waals surface area (Å²) in [6.45, 7) is 0. The van der Waals surface area contributed by atoms with Crippen LogP contribution < -0.4 is 9.47 Å². The van der Waals surface area contributed by atoms with Gasteiger partial charge < -0.3 is 9.47 Å². The monoisotopic (exact) mass is 383 g/mol. The largest absolute Gasteiger partial charge is 0.497 e. The van der Waals surface area contributed by atoms with Crippen LogP contribution >= 0.6 is 0 Å². The Bertz CT molecular complexity index is 1180. The van der Waals surface area contributed by atoms with Crippen molar-refractivity contribution in [3.8, 4) is 22.8 Å². The summed E-state index contributed by atoms with van der Waals surface area (Å²) < 4.78 is 10.7. The number of methoxy groups -OCH3 is 1. The van der Waals surface area contributed by atoms with Crippen molar-refractivity contribution >= 4 is 23.2 Å². The van der Waals surface area contributed by atoms with E-state index in [1.807, 2.05) is 48.5 Å². The number of fused-ring (bicyclic) bond motifs is 1. The number of esters is 1. The van der Waals surface area contributed by atoms with Crippen LogP contribution in [0.25, 0.3) is 22.2 Å². The van der Waals surface area contributed by atoms with Crippen molar-refractivity contribution in [3.63, 3.8) is 0 Å². The molecular weight excluding hydrogens is 366 g/mol. The third kappa shape index (κ3) is 3.84. The summed E-state index contributed by atoms with van der Waals surface area (Å²) in [5, 5.41) is 0.708. The van der Waals surface area contributed by atoms with Crippen LogP contribution in [-0.2, 0) is 0 Å². The van der Waals surface area contributed by atoms with Crippen molar-refractivity contribution in [2.24, 2.45) is 0 Å². The van der Waals surface area contributed by atoms with Crippen LogP contribution in [0, 0.1) is 0 Å². The lowest BCUT2D eigenvalue weighted by molar-refractivity contribution is 0.0736. The van der Waals surface area contributed by atoms with Crippen LogP contribution in [0.3, 0.4) is 0 Å². The van der Waals surface area contributed by atoms with Crippen molar-refractivity contribution in [1.82, 2.24) is 4.98 Å². The summed E-state index contributed by atoms with van der Waals surface area (Å²) in [7, 11) is 1.61. The Labute approximate surface area is 167 Å². The predicted molar refractivity (Wildman–Crippen MR) is 111 cm³/mol. The number of rotatable bonds is 5. The normalized spacial score (nSPS) is 10.5. The molecule has 0 aliphatic carbocycles. The number of para-hydroxylation sites is 1. The number of nitrogens with zero attached hydrogens (tertiary/aromatic N) is 1. The van der Waals surface area contributed by atoms with Crippen LogP contribution in [0.1, 0.15) is 20.7 Å². The lowest BCUT2D eigenvalue weighted by atomic mass is 10.0.